The number of carbonyl (C=O) groups is 1. The molecule has 1 heterocycles. The minimum Gasteiger partial charge on any atom is -0.346 e. The molecule has 15 heavy (non-hydrogen) atoms. The monoisotopic (exact) mass is 225 g/mol. The second-order valence-corrected chi connectivity index (χ2v) is 4.93. The Hall–Kier alpha value is -0.700. The van der Waals surface area contributed by atoms with Gasteiger partial charge in [-0.15, -0.1) is 0 Å². The van der Waals surface area contributed by atoms with Gasteiger partial charge in [0.15, 0.2) is 6.29 Å². The lowest BCUT2D eigenvalue weighted by Crippen LogP contribution is -2.09. The summed E-state index contributed by atoms with van der Waals surface area (Å²) in [4.78, 5) is 10.8. The Labute approximate surface area is 96.1 Å². The van der Waals surface area contributed by atoms with Crippen LogP contribution in [0.25, 0.3) is 0 Å². The lowest BCUT2D eigenvalue weighted by molar-refractivity contribution is 0.112. The van der Waals surface area contributed by atoms with Crippen LogP contribution in [-0.2, 0) is 0 Å². The number of nitrogens with zero attached hydrogens (tertiary/aromatic N) is 1. The van der Waals surface area contributed by atoms with E-state index in [0.29, 0.717) is 6.04 Å². The molecular weight excluding hydrogens is 206 g/mol. The van der Waals surface area contributed by atoms with Gasteiger partial charge in [0.25, 0.3) is 0 Å². The summed E-state index contributed by atoms with van der Waals surface area (Å²) in [7, 11) is 0. The van der Waals surface area contributed by atoms with Gasteiger partial charge in [0, 0.05) is 23.0 Å². The Morgan fingerprint density at radius 3 is 2.67 bits per heavy atom. The van der Waals surface area contributed by atoms with Gasteiger partial charge in [0.2, 0.25) is 0 Å². The van der Waals surface area contributed by atoms with E-state index in [9.17, 15) is 4.79 Å². The standard InChI is InChI=1S/C12H19NOS/c1-9(5-6-15-4)13-10(2)7-12(8-14)11(13)3/h7-9H,5-6H2,1-4H3. The number of rotatable bonds is 5. The zero-order valence-electron chi connectivity index (χ0n) is 9.91. The zero-order chi connectivity index (χ0) is 11.4. The number of carbonyl (C=O) groups excluding carboxylic acids is 1. The molecular formula is C12H19NOS. The van der Waals surface area contributed by atoms with Gasteiger partial charge in [-0.25, -0.2) is 0 Å². The third-order valence-electron chi connectivity index (χ3n) is 2.83. The molecule has 1 unspecified atom stereocenters. The Kier molecular flexibility index (Phi) is 4.45. The van der Waals surface area contributed by atoms with E-state index >= 15 is 0 Å². The molecule has 3 heteroatoms. The summed E-state index contributed by atoms with van der Waals surface area (Å²) < 4.78 is 2.26. The third kappa shape index (κ3) is 2.65. The molecule has 1 aromatic rings. The quantitative estimate of drug-likeness (QED) is 0.718. The van der Waals surface area contributed by atoms with Gasteiger partial charge in [0.1, 0.15) is 0 Å². The molecule has 0 aliphatic heterocycles. The van der Waals surface area contributed by atoms with Gasteiger partial charge in [-0.3, -0.25) is 4.79 Å². The van der Waals surface area contributed by atoms with E-state index in [4.69, 9.17) is 0 Å². The minimum atomic E-state index is 0.478. The van der Waals surface area contributed by atoms with Crippen LogP contribution in [0.3, 0.4) is 0 Å². The maximum absolute atomic E-state index is 10.8. The molecule has 0 N–H and O–H groups in total. The van der Waals surface area contributed by atoms with Gasteiger partial charge < -0.3 is 4.57 Å². The van der Waals surface area contributed by atoms with Crippen molar-refractivity contribution in [2.24, 2.45) is 0 Å². The molecule has 0 fully saturated rings. The number of aryl methyl sites for hydroxylation is 1. The maximum Gasteiger partial charge on any atom is 0.151 e. The van der Waals surface area contributed by atoms with Crippen molar-refractivity contribution in [2.45, 2.75) is 33.2 Å². The Morgan fingerprint density at radius 1 is 1.53 bits per heavy atom. The molecule has 2 nitrogen and oxygen atoms in total. The van der Waals surface area contributed by atoms with Crippen LogP contribution in [0.4, 0.5) is 0 Å². The zero-order valence-corrected chi connectivity index (χ0v) is 10.7. The molecule has 0 aliphatic carbocycles. The summed E-state index contributed by atoms with van der Waals surface area (Å²) in [6, 6.07) is 2.45. The van der Waals surface area contributed by atoms with Crippen LogP contribution in [0, 0.1) is 13.8 Å². The molecule has 1 rings (SSSR count). The van der Waals surface area contributed by atoms with Crippen molar-refractivity contribution in [3.05, 3.63) is 23.0 Å². The highest BCUT2D eigenvalue weighted by Gasteiger charge is 2.13. The molecule has 0 saturated carbocycles. The highest BCUT2D eigenvalue weighted by molar-refractivity contribution is 7.98. The summed E-state index contributed by atoms with van der Waals surface area (Å²) in [6.07, 6.45) is 4.22. The van der Waals surface area contributed by atoms with Crippen molar-refractivity contribution in [2.75, 3.05) is 12.0 Å². The average Bonchev–Trinajstić information content (AvgIpc) is 2.50. The van der Waals surface area contributed by atoms with Crippen LogP contribution < -0.4 is 0 Å². The topological polar surface area (TPSA) is 22.0 Å². The van der Waals surface area contributed by atoms with Gasteiger partial charge in [-0.1, -0.05) is 0 Å². The number of hydrogen-bond acceptors (Lipinski definition) is 2. The van der Waals surface area contributed by atoms with Crippen molar-refractivity contribution in [3.63, 3.8) is 0 Å². The normalized spacial score (nSPS) is 12.8. The maximum atomic E-state index is 10.8. The van der Waals surface area contributed by atoms with Crippen molar-refractivity contribution < 1.29 is 4.79 Å². The van der Waals surface area contributed by atoms with Gasteiger partial charge >= 0.3 is 0 Å². The van der Waals surface area contributed by atoms with Gasteiger partial charge in [-0.05, 0) is 45.3 Å². The van der Waals surface area contributed by atoms with E-state index in [0.717, 1.165) is 29.7 Å². The molecule has 1 atom stereocenters. The lowest BCUT2D eigenvalue weighted by atomic mass is 10.2. The van der Waals surface area contributed by atoms with Crippen molar-refractivity contribution in [1.82, 2.24) is 4.57 Å². The van der Waals surface area contributed by atoms with Crippen LogP contribution in [0.15, 0.2) is 6.07 Å². The number of aldehydes is 1. The molecule has 0 amide bonds. The van der Waals surface area contributed by atoms with Crippen LogP contribution >= 0.6 is 11.8 Å². The Bertz CT molecular complexity index is 344. The fourth-order valence-corrected chi connectivity index (χ4v) is 2.59. The average molecular weight is 225 g/mol. The Balaban J connectivity index is 2.92. The molecule has 0 saturated heterocycles. The molecule has 0 bridgehead atoms. The number of aromatic nitrogens is 1. The molecule has 0 aromatic carbocycles. The Morgan fingerprint density at radius 2 is 2.20 bits per heavy atom. The van der Waals surface area contributed by atoms with E-state index < -0.39 is 0 Å². The van der Waals surface area contributed by atoms with Crippen LogP contribution in [-0.4, -0.2) is 22.9 Å². The number of hydrogen-bond donors (Lipinski definition) is 0. The highest BCUT2D eigenvalue weighted by atomic mass is 32.2. The van der Waals surface area contributed by atoms with Crippen molar-refractivity contribution in [1.29, 1.82) is 0 Å². The van der Waals surface area contributed by atoms with Gasteiger partial charge in [-0.2, -0.15) is 11.8 Å². The first-order chi connectivity index (χ1) is 7.11. The summed E-state index contributed by atoms with van der Waals surface area (Å²) in [6.45, 7) is 6.30. The van der Waals surface area contributed by atoms with Crippen molar-refractivity contribution in [3.8, 4) is 0 Å². The van der Waals surface area contributed by atoms with Crippen molar-refractivity contribution >= 4 is 18.0 Å². The summed E-state index contributed by atoms with van der Waals surface area (Å²) in [5, 5.41) is 0. The SMILES string of the molecule is CSCCC(C)n1c(C)cc(C=O)c1C. The smallest absolute Gasteiger partial charge is 0.151 e. The molecule has 1 aromatic heterocycles. The largest absolute Gasteiger partial charge is 0.346 e. The second kappa shape index (κ2) is 5.40. The molecule has 84 valence electrons. The van der Waals surface area contributed by atoms with E-state index in [1.54, 1.807) is 0 Å². The van der Waals surface area contributed by atoms with Crippen LogP contribution in [0.2, 0.25) is 0 Å². The van der Waals surface area contributed by atoms with Crippen LogP contribution in [0.1, 0.15) is 41.1 Å². The first kappa shape index (κ1) is 12.4. The molecule has 0 radical (unpaired) electrons. The van der Waals surface area contributed by atoms with Gasteiger partial charge in [0.05, 0.1) is 0 Å². The predicted octanol–water partition coefficient (Wildman–Crippen LogP) is 3.23. The lowest BCUT2D eigenvalue weighted by Gasteiger charge is -2.18. The summed E-state index contributed by atoms with van der Waals surface area (Å²) >= 11 is 1.87. The third-order valence-corrected chi connectivity index (χ3v) is 3.47. The first-order valence-corrected chi connectivity index (χ1v) is 6.63. The predicted molar refractivity (Wildman–Crippen MR) is 67.0 cm³/mol. The van der Waals surface area contributed by atoms with Crippen LogP contribution in [0.5, 0.6) is 0 Å². The highest BCUT2D eigenvalue weighted by Crippen LogP contribution is 2.22. The van der Waals surface area contributed by atoms with E-state index in [2.05, 4.69) is 24.7 Å². The number of thioether (sulfide) groups is 1. The summed E-state index contributed by atoms with van der Waals surface area (Å²) in [5.74, 6) is 1.16. The van der Waals surface area contributed by atoms with E-state index in [1.807, 2.05) is 24.8 Å². The first-order valence-electron chi connectivity index (χ1n) is 5.24. The second-order valence-electron chi connectivity index (χ2n) is 3.94. The molecule has 0 spiro atoms. The van der Waals surface area contributed by atoms with E-state index in [-0.39, 0.29) is 0 Å². The summed E-state index contributed by atoms with van der Waals surface area (Å²) in [5.41, 5.74) is 3.10. The fraction of sp³-hybridized carbons (Fsp3) is 0.583. The molecule has 0 aliphatic rings. The fourth-order valence-electron chi connectivity index (χ4n) is 2.02. The minimum absolute atomic E-state index is 0.478. The van der Waals surface area contributed by atoms with E-state index in [1.165, 1.54) is 5.69 Å².